The first-order chi connectivity index (χ1) is 7.83. The molecule has 2 heterocycles. The van der Waals surface area contributed by atoms with E-state index < -0.39 is 0 Å². The number of aromatic nitrogens is 2. The molecule has 4 heteroatoms. The highest BCUT2D eigenvalue weighted by atomic mass is 35.5. The first-order valence-electron chi connectivity index (χ1n) is 5.48. The van der Waals surface area contributed by atoms with E-state index in [1.807, 2.05) is 0 Å². The van der Waals surface area contributed by atoms with Crippen molar-refractivity contribution in [3.63, 3.8) is 0 Å². The molecule has 2 aromatic rings. The minimum absolute atomic E-state index is 0.458. The Hall–Kier alpha value is -1.19. The summed E-state index contributed by atoms with van der Waals surface area (Å²) in [5, 5.41) is 3.85. The zero-order valence-electron chi connectivity index (χ0n) is 8.83. The molecule has 0 aliphatic carbocycles. The summed E-state index contributed by atoms with van der Waals surface area (Å²) < 4.78 is 0. The maximum absolute atomic E-state index is 5.85. The van der Waals surface area contributed by atoms with Gasteiger partial charge in [0.15, 0.2) is 0 Å². The number of hydrogen-bond donors (Lipinski definition) is 1. The number of benzene rings is 1. The number of nitrogens with one attached hydrogen (secondary N) is 1. The van der Waals surface area contributed by atoms with E-state index in [1.54, 1.807) is 6.20 Å². The molecule has 82 valence electrons. The Labute approximate surface area is 98.9 Å². The number of nitrogens with zero attached hydrogens (tertiary/aromatic N) is 2. The molecule has 0 amide bonds. The minimum Gasteiger partial charge on any atom is -0.316 e. The van der Waals surface area contributed by atoms with E-state index in [9.17, 15) is 0 Å². The molecule has 3 rings (SSSR count). The molecule has 3 nitrogen and oxygen atoms in total. The molecule has 0 saturated heterocycles. The monoisotopic (exact) mass is 233 g/mol. The summed E-state index contributed by atoms with van der Waals surface area (Å²) in [5.41, 5.74) is 4.58. The van der Waals surface area contributed by atoms with Gasteiger partial charge in [-0.15, -0.1) is 0 Å². The highest BCUT2D eigenvalue weighted by Gasteiger charge is 2.10. The van der Waals surface area contributed by atoms with Crippen LogP contribution >= 0.6 is 11.6 Å². The van der Waals surface area contributed by atoms with Gasteiger partial charge >= 0.3 is 0 Å². The predicted molar refractivity (Wildman–Crippen MR) is 64.8 cm³/mol. The van der Waals surface area contributed by atoms with Gasteiger partial charge in [0, 0.05) is 0 Å². The van der Waals surface area contributed by atoms with Crippen molar-refractivity contribution in [1.82, 2.24) is 15.3 Å². The fraction of sp³-hybridized carbons (Fsp3) is 0.333. The van der Waals surface area contributed by atoms with Gasteiger partial charge < -0.3 is 5.32 Å². The normalized spacial score (nSPS) is 15.8. The second-order valence-electron chi connectivity index (χ2n) is 4.05. The largest absolute Gasteiger partial charge is 0.316 e. The third kappa shape index (κ3) is 1.77. The molecule has 1 aliphatic rings. The van der Waals surface area contributed by atoms with Crippen molar-refractivity contribution in [3.8, 4) is 0 Å². The number of halogens is 1. The summed E-state index contributed by atoms with van der Waals surface area (Å²) in [4.78, 5) is 8.60. The summed E-state index contributed by atoms with van der Waals surface area (Å²) in [6.45, 7) is 2.08. The minimum atomic E-state index is 0.458. The lowest BCUT2D eigenvalue weighted by Crippen LogP contribution is -2.16. The van der Waals surface area contributed by atoms with Crippen molar-refractivity contribution in [2.45, 2.75) is 12.8 Å². The van der Waals surface area contributed by atoms with Crippen molar-refractivity contribution >= 4 is 22.6 Å². The standard InChI is InChI=1S/C12H12ClN3/c13-12-7-15-10-5-8-1-3-14-4-2-9(8)6-11(10)16-12/h5-7,14H,1-4H2. The van der Waals surface area contributed by atoms with E-state index in [4.69, 9.17) is 11.6 Å². The Morgan fingerprint density at radius 2 is 1.75 bits per heavy atom. The van der Waals surface area contributed by atoms with E-state index in [-0.39, 0.29) is 0 Å². The second kappa shape index (κ2) is 4.00. The molecular weight excluding hydrogens is 222 g/mol. The van der Waals surface area contributed by atoms with Gasteiger partial charge in [0.05, 0.1) is 17.2 Å². The molecule has 1 aromatic carbocycles. The van der Waals surface area contributed by atoms with Crippen LogP contribution in [-0.4, -0.2) is 23.1 Å². The highest BCUT2D eigenvalue weighted by Crippen LogP contribution is 2.20. The summed E-state index contributed by atoms with van der Waals surface area (Å²) in [6, 6.07) is 4.26. The highest BCUT2D eigenvalue weighted by molar-refractivity contribution is 6.29. The summed E-state index contributed by atoms with van der Waals surface area (Å²) in [5.74, 6) is 0. The first-order valence-corrected chi connectivity index (χ1v) is 5.85. The molecule has 0 bridgehead atoms. The molecule has 1 N–H and O–H groups in total. The van der Waals surface area contributed by atoms with Crippen molar-refractivity contribution in [1.29, 1.82) is 0 Å². The topological polar surface area (TPSA) is 37.8 Å². The van der Waals surface area contributed by atoms with Gasteiger partial charge in [-0.1, -0.05) is 11.6 Å². The van der Waals surface area contributed by atoms with E-state index in [0.717, 1.165) is 37.0 Å². The van der Waals surface area contributed by atoms with E-state index in [1.165, 1.54) is 11.1 Å². The van der Waals surface area contributed by atoms with Gasteiger partial charge in [-0.3, -0.25) is 4.98 Å². The van der Waals surface area contributed by atoms with Crippen molar-refractivity contribution in [2.24, 2.45) is 0 Å². The molecule has 1 aromatic heterocycles. The smallest absolute Gasteiger partial charge is 0.148 e. The summed E-state index contributed by atoms with van der Waals surface area (Å²) >= 11 is 5.85. The Morgan fingerprint density at radius 3 is 2.50 bits per heavy atom. The van der Waals surface area contributed by atoms with Gasteiger partial charge in [0.1, 0.15) is 5.15 Å². The average molecular weight is 234 g/mol. The van der Waals surface area contributed by atoms with Crippen molar-refractivity contribution in [3.05, 3.63) is 34.6 Å². The molecule has 0 saturated carbocycles. The lowest BCUT2D eigenvalue weighted by Gasteiger charge is -2.06. The SMILES string of the molecule is Clc1cnc2cc3c(cc2n1)CCNCC3. The maximum Gasteiger partial charge on any atom is 0.148 e. The third-order valence-electron chi connectivity index (χ3n) is 2.98. The van der Waals surface area contributed by atoms with Gasteiger partial charge in [-0.25, -0.2) is 4.98 Å². The molecular formula is C12H12ClN3. The van der Waals surface area contributed by atoms with Crippen LogP contribution in [0.4, 0.5) is 0 Å². The average Bonchev–Trinajstić information content (AvgIpc) is 2.50. The van der Waals surface area contributed by atoms with Crippen molar-refractivity contribution < 1.29 is 0 Å². The number of fused-ring (bicyclic) bond motifs is 2. The van der Waals surface area contributed by atoms with Gasteiger partial charge in [0.25, 0.3) is 0 Å². The van der Waals surface area contributed by atoms with Crippen LogP contribution in [0.15, 0.2) is 18.3 Å². The summed E-state index contributed by atoms with van der Waals surface area (Å²) in [6.07, 6.45) is 3.72. The number of rotatable bonds is 0. The quantitative estimate of drug-likeness (QED) is 0.756. The molecule has 0 unspecified atom stereocenters. The summed E-state index contributed by atoms with van der Waals surface area (Å²) in [7, 11) is 0. The van der Waals surface area contributed by atoms with Crippen LogP contribution in [0.5, 0.6) is 0 Å². The van der Waals surface area contributed by atoms with Crippen LogP contribution in [0.3, 0.4) is 0 Å². The van der Waals surface area contributed by atoms with Crippen molar-refractivity contribution in [2.75, 3.05) is 13.1 Å². The van der Waals surface area contributed by atoms with Crippen LogP contribution in [0, 0.1) is 0 Å². The lowest BCUT2D eigenvalue weighted by molar-refractivity contribution is 0.711. The second-order valence-corrected chi connectivity index (χ2v) is 4.44. The van der Waals surface area contributed by atoms with Crippen LogP contribution < -0.4 is 5.32 Å². The van der Waals surface area contributed by atoms with E-state index in [2.05, 4.69) is 27.4 Å². The zero-order valence-corrected chi connectivity index (χ0v) is 9.59. The molecule has 0 fully saturated rings. The van der Waals surface area contributed by atoms with Gasteiger partial charge in [-0.2, -0.15) is 0 Å². The Kier molecular flexibility index (Phi) is 2.50. The zero-order chi connectivity index (χ0) is 11.0. The Morgan fingerprint density at radius 1 is 1.06 bits per heavy atom. The molecule has 0 radical (unpaired) electrons. The fourth-order valence-corrected chi connectivity index (χ4v) is 2.30. The Balaban J connectivity index is 2.20. The molecule has 0 spiro atoms. The van der Waals surface area contributed by atoms with E-state index >= 15 is 0 Å². The van der Waals surface area contributed by atoms with E-state index in [0.29, 0.717) is 5.15 Å². The van der Waals surface area contributed by atoms with Crippen LogP contribution in [-0.2, 0) is 12.8 Å². The third-order valence-corrected chi connectivity index (χ3v) is 3.16. The lowest BCUT2D eigenvalue weighted by atomic mass is 10.0. The number of hydrogen-bond acceptors (Lipinski definition) is 3. The van der Waals surface area contributed by atoms with Crippen LogP contribution in [0.2, 0.25) is 5.15 Å². The predicted octanol–water partition coefficient (Wildman–Crippen LogP) is 1.97. The molecule has 16 heavy (non-hydrogen) atoms. The fourth-order valence-electron chi connectivity index (χ4n) is 2.16. The van der Waals surface area contributed by atoms with Gasteiger partial charge in [0.2, 0.25) is 0 Å². The maximum atomic E-state index is 5.85. The van der Waals surface area contributed by atoms with Crippen LogP contribution in [0.25, 0.3) is 11.0 Å². The Bertz CT molecular complexity index is 539. The molecule has 1 aliphatic heterocycles. The molecule has 0 atom stereocenters. The van der Waals surface area contributed by atoms with Gasteiger partial charge in [-0.05, 0) is 49.2 Å². The van der Waals surface area contributed by atoms with Crippen LogP contribution in [0.1, 0.15) is 11.1 Å². The first kappa shape index (κ1) is 10.00.